The van der Waals surface area contributed by atoms with E-state index in [1.807, 2.05) is 0 Å². The molecule has 0 aromatic carbocycles. The zero-order valence-electron chi connectivity index (χ0n) is 35.6. The summed E-state index contributed by atoms with van der Waals surface area (Å²) in [6.45, 7) is 3.65. The van der Waals surface area contributed by atoms with Crippen LogP contribution < -0.4 is 5.73 Å². The minimum absolute atomic E-state index is 0.0449. The highest BCUT2D eigenvalue weighted by molar-refractivity contribution is 7.47. The molecule has 1 fully saturated rings. The Kier molecular flexibility index (Phi) is 34.9. The van der Waals surface area contributed by atoms with Gasteiger partial charge in [-0.15, -0.1) is 0 Å². The van der Waals surface area contributed by atoms with Crippen LogP contribution >= 0.6 is 7.82 Å². The summed E-state index contributed by atoms with van der Waals surface area (Å²) in [5, 5.41) is 0. The molecule has 1 heterocycles. The SMILES string of the molecule is CCCCCCCCCCCCCCCCCCCC(=O)O[C@H](COC(=O)CCC/C=C\C/C=C\C/C=C\CC1OC1CCCCC)COP(=O)(O)OCCN. The number of carbonyl (C=O) groups excluding carboxylic acids is 2. The zero-order valence-corrected chi connectivity index (χ0v) is 36.5. The Morgan fingerprint density at radius 1 is 0.643 bits per heavy atom. The van der Waals surface area contributed by atoms with E-state index in [4.69, 9.17) is 29.0 Å². The first-order valence-electron chi connectivity index (χ1n) is 22.6. The lowest BCUT2D eigenvalue weighted by Gasteiger charge is -2.19. The van der Waals surface area contributed by atoms with Gasteiger partial charge in [-0.05, 0) is 44.9 Å². The smallest absolute Gasteiger partial charge is 0.462 e. The highest BCUT2D eigenvalue weighted by Crippen LogP contribution is 2.43. The molecule has 0 bridgehead atoms. The molecule has 0 aromatic heterocycles. The predicted octanol–water partition coefficient (Wildman–Crippen LogP) is 11.9. The number of phosphoric acid groups is 1. The van der Waals surface area contributed by atoms with Crippen molar-refractivity contribution in [3.8, 4) is 0 Å². The Hall–Kier alpha value is -1.81. The number of esters is 2. The number of phosphoric ester groups is 1. The number of rotatable bonds is 41. The minimum Gasteiger partial charge on any atom is -0.462 e. The van der Waals surface area contributed by atoms with Crippen LogP contribution in [0.5, 0.6) is 0 Å². The van der Waals surface area contributed by atoms with Crippen molar-refractivity contribution in [2.45, 2.75) is 212 Å². The number of hydrogen-bond donors (Lipinski definition) is 2. The van der Waals surface area contributed by atoms with Crippen molar-refractivity contribution in [2.75, 3.05) is 26.4 Å². The van der Waals surface area contributed by atoms with Crippen LogP contribution in [0, 0.1) is 0 Å². The van der Waals surface area contributed by atoms with Gasteiger partial charge in [-0.1, -0.05) is 172 Å². The molecule has 0 radical (unpaired) electrons. The predicted molar refractivity (Wildman–Crippen MR) is 228 cm³/mol. The van der Waals surface area contributed by atoms with Gasteiger partial charge in [-0.3, -0.25) is 18.6 Å². The molecule has 1 aliphatic heterocycles. The van der Waals surface area contributed by atoms with E-state index in [0.717, 1.165) is 44.9 Å². The van der Waals surface area contributed by atoms with Crippen LogP contribution in [0.4, 0.5) is 0 Å². The van der Waals surface area contributed by atoms with E-state index in [1.54, 1.807) is 0 Å². The quantitative estimate of drug-likeness (QED) is 0.0201. The van der Waals surface area contributed by atoms with Crippen LogP contribution in [-0.2, 0) is 37.4 Å². The average Bonchev–Trinajstić information content (AvgIpc) is 3.94. The average molecular weight is 812 g/mol. The summed E-state index contributed by atoms with van der Waals surface area (Å²) < 4.78 is 38.5. The number of nitrogens with two attached hydrogens (primary N) is 1. The van der Waals surface area contributed by atoms with E-state index in [0.29, 0.717) is 25.0 Å². The Morgan fingerprint density at radius 3 is 1.75 bits per heavy atom. The molecular formula is C45H82NO9P. The Labute approximate surface area is 341 Å². The van der Waals surface area contributed by atoms with Crippen molar-refractivity contribution in [2.24, 2.45) is 5.73 Å². The fourth-order valence-electron chi connectivity index (χ4n) is 6.49. The normalized spacial score (nSPS) is 17.2. The Bertz CT molecular complexity index is 1080. The van der Waals surface area contributed by atoms with Gasteiger partial charge < -0.3 is 24.8 Å². The zero-order chi connectivity index (χ0) is 40.8. The van der Waals surface area contributed by atoms with Gasteiger partial charge in [0.15, 0.2) is 6.10 Å². The van der Waals surface area contributed by atoms with Crippen LogP contribution in [0.25, 0.3) is 0 Å². The number of epoxide rings is 1. The van der Waals surface area contributed by atoms with E-state index < -0.39 is 32.5 Å². The molecule has 11 heteroatoms. The van der Waals surface area contributed by atoms with Gasteiger partial charge in [0, 0.05) is 19.4 Å². The summed E-state index contributed by atoms with van der Waals surface area (Å²) >= 11 is 0. The van der Waals surface area contributed by atoms with Gasteiger partial charge in [0.2, 0.25) is 0 Å². The number of unbranched alkanes of at least 4 members (excludes halogenated alkanes) is 19. The summed E-state index contributed by atoms with van der Waals surface area (Å²) in [7, 11) is -4.39. The fourth-order valence-corrected chi connectivity index (χ4v) is 7.25. The molecule has 1 aliphatic rings. The molecule has 1 saturated heterocycles. The molecule has 0 spiro atoms. The third-order valence-corrected chi connectivity index (χ3v) is 10.9. The van der Waals surface area contributed by atoms with Crippen molar-refractivity contribution in [1.29, 1.82) is 0 Å². The second-order valence-electron chi connectivity index (χ2n) is 15.3. The second kappa shape index (κ2) is 37.5. The van der Waals surface area contributed by atoms with Gasteiger partial charge in [-0.25, -0.2) is 4.57 Å². The van der Waals surface area contributed by atoms with Gasteiger partial charge in [0.1, 0.15) is 6.61 Å². The van der Waals surface area contributed by atoms with Crippen LogP contribution in [0.2, 0.25) is 0 Å². The maximum atomic E-state index is 12.6. The molecule has 0 aliphatic carbocycles. The highest BCUT2D eigenvalue weighted by Gasteiger charge is 2.36. The molecule has 56 heavy (non-hydrogen) atoms. The number of carbonyl (C=O) groups is 2. The Morgan fingerprint density at radius 2 is 1.16 bits per heavy atom. The van der Waals surface area contributed by atoms with Crippen LogP contribution in [0.3, 0.4) is 0 Å². The number of allylic oxidation sites excluding steroid dienone is 5. The molecule has 1 rings (SSSR count). The van der Waals surface area contributed by atoms with Crippen molar-refractivity contribution in [3.63, 3.8) is 0 Å². The first-order valence-corrected chi connectivity index (χ1v) is 24.1. The molecular weight excluding hydrogens is 729 g/mol. The number of hydrogen-bond acceptors (Lipinski definition) is 9. The molecule has 3 N–H and O–H groups in total. The van der Waals surface area contributed by atoms with Crippen LogP contribution in [-0.4, -0.2) is 61.5 Å². The lowest BCUT2D eigenvalue weighted by Crippen LogP contribution is -2.29. The minimum atomic E-state index is -4.39. The molecule has 0 saturated carbocycles. The van der Waals surface area contributed by atoms with Gasteiger partial charge in [0.25, 0.3) is 0 Å². The van der Waals surface area contributed by atoms with E-state index in [9.17, 15) is 19.0 Å². The van der Waals surface area contributed by atoms with E-state index >= 15 is 0 Å². The van der Waals surface area contributed by atoms with Crippen molar-refractivity contribution < 1.29 is 42.3 Å². The maximum absolute atomic E-state index is 12.6. The standard InChI is InChI=1S/C45H82NO9P/c1-3-5-7-8-9-10-11-12-13-14-15-16-17-22-25-28-32-36-45(48)54-41(40-53-56(49,50)52-38-37-46)39-51-44(47)35-31-27-24-21-19-18-20-23-26-30-34-43-42(55-43)33-29-6-4-2/h18,20-21,24,26,30,41-43H,3-17,19,22-23,25,27-29,31-40,46H2,1-2H3,(H,49,50)/b20-18-,24-21-,30-26-/t41-,42?,43?/m1/s1. The van der Waals surface area contributed by atoms with Gasteiger partial charge >= 0.3 is 19.8 Å². The third kappa shape index (κ3) is 34.3. The van der Waals surface area contributed by atoms with E-state index in [2.05, 4.69) is 50.3 Å². The van der Waals surface area contributed by atoms with Crippen LogP contribution in [0.1, 0.15) is 194 Å². The van der Waals surface area contributed by atoms with Crippen molar-refractivity contribution >= 4 is 19.8 Å². The summed E-state index contributed by atoms with van der Waals surface area (Å²) in [5.41, 5.74) is 5.35. The first kappa shape index (κ1) is 52.2. The maximum Gasteiger partial charge on any atom is 0.472 e. The van der Waals surface area contributed by atoms with Crippen LogP contribution in [0.15, 0.2) is 36.5 Å². The summed E-state index contributed by atoms with van der Waals surface area (Å²) in [5.74, 6) is -0.893. The van der Waals surface area contributed by atoms with E-state index in [1.165, 1.54) is 109 Å². The van der Waals surface area contributed by atoms with Crippen molar-refractivity contribution in [1.82, 2.24) is 0 Å². The summed E-state index contributed by atoms with van der Waals surface area (Å²) in [6.07, 6.45) is 43.5. The number of ether oxygens (including phenoxy) is 3. The lowest BCUT2D eigenvalue weighted by atomic mass is 10.0. The molecule has 0 aromatic rings. The largest absolute Gasteiger partial charge is 0.472 e. The molecule has 3 unspecified atom stereocenters. The molecule has 326 valence electrons. The molecule has 0 amide bonds. The molecule has 10 nitrogen and oxygen atoms in total. The lowest BCUT2D eigenvalue weighted by molar-refractivity contribution is -0.161. The second-order valence-corrected chi connectivity index (χ2v) is 16.8. The fraction of sp³-hybridized carbons (Fsp3) is 0.822. The van der Waals surface area contributed by atoms with E-state index in [-0.39, 0.29) is 32.6 Å². The topological polar surface area (TPSA) is 147 Å². The van der Waals surface area contributed by atoms with Gasteiger partial charge in [-0.2, -0.15) is 0 Å². The highest BCUT2D eigenvalue weighted by atomic mass is 31.2. The van der Waals surface area contributed by atoms with Gasteiger partial charge in [0.05, 0.1) is 25.4 Å². The summed E-state index contributed by atoms with van der Waals surface area (Å²) in [4.78, 5) is 34.9. The molecule has 4 atom stereocenters. The first-order chi connectivity index (χ1) is 27.3. The Balaban J connectivity index is 2.19. The monoisotopic (exact) mass is 812 g/mol. The summed E-state index contributed by atoms with van der Waals surface area (Å²) in [6, 6.07) is 0. The van der Waals surface area contributed by atoms with Crippen molar-refractivity contribution in [3.05, 3.63) is 36.5 Å². The third-order valence-electron chi connectivity index (χ3n) is 9.95.